The van der Waals surface area contributed by atoms with Gasteiger partial charge in [0.15, 0.2) is 0 Å². The minimum Gasteiger partial charge on any atom is -0.478 e. The van der Waals surface area contributed by atoms with Gasteiger partial charge >= 0.3 is 5.97 Å². The summed E-state index contributed by atoms with van der Waals surface area (Å²) in [5.74, 6) is 1.61. The molecule has 1 aliphatic heterocycles. The Bertz CT molecular complexity index is 1040. The second-order valence-electron chi connectivity index (χ2n) is 7.40. The number of carboxylic acid groups (broad SMARTS) is 1. The zero-order chi connectivity index (χ0) is 20.0. The minimum absolute atomic E-state index is 0.00134. The van der Waals surface area contributed by atoms with Crippen LogP contribution in [0.25, 0.3) is 16.7 Å². The van der Waals surface area contributed by atoms with Gasteiger partial charge in [0.2, 0.25) is 0 Å². The van der Waals surface area contributed by atoms with Crippen LogP contribution < -0.4 is 9.80 Å². The lowest BCUT2D eigenvalue weighted by atomic mass is 9.88. The number of pyridine rings is 1. The highest BCUT2D eigenvalue weighted by molar-refractivity contribution is 6.16. The fourth-order valence-corrected chi connectivity index (χ4v) is 3.68. The first-order valence-electron chi connectivity index (χ1n) is 9.19. The zero-order valence-electron chi connectivity index (χ0n) is 16.1. The van der Waals surface area contributed by atoms with E-state index in [4.69, 9.17) is 0 Å². The number of aliphatic carboxylic acids is 1. The third-order valence-electron chi connectivity index (χ3n) is 5.29. The number of rotatable bonds is 4. The molecule has 1 N–H and O–H groups in total. The molecule has 6 heteroatoms. The molecule has 4 rings (SSSR count). The molecule has 2 aliphatic rings. The number of carboxylic acids is 1. The third kappa shape index (κ3) is 2.88. The van der Waals surface area contributed by atoms with Gasteiger partial charge in [-0.1, -0.05) is 12.1 Å². The van der Waals surface area contributed by atoms with Crippen molar-refractivity contribution in [1.82, 2.24) is 4.98 Å². The predicted molar refractivity (Wildman–Crippen MR) is 109 cm³/mol. The quantitative estimate of drug-likeness (QED) is 0.827. The van der Waals surface area contributed by atoms with Gasteiger partial charge in [-0.2, -0.15) is 0 Å². The number of nitrogens with zero attached hydrogens (tertiary/aromatic N) is 3. The van der Waals surface area contributed by atoms with E-state index in [0.717, 1.165) is 41.0 Å². The molecule has 2 heterocycles. The van der Waals surface area contributed by atoms with Gasteiger partial charge in [0.1, 0.15) is 11.8 Å². The van der Waals surface area contributed by atoms with E-state index < -0.39 is 5.97 Å². The number of carbonyl (C=O) groups excluding carboxylic acids is 1. The van der Waals surface area contributed by atoms with Crippen molar-refractivity contribution in [3.63, 3.8) is 0 Å². The summed E-state index contributed by atoms with van der Waals surface area (Å²) in [6.07, 6.45) is 5.44. The van der Waals surface area contributed by atoms with Crippen molar-refractivity contribution in [2.24, 2.45) is 0 Å². The first-order chi connectivity index (χ1) is 13.4. The van der Waals surface area contributed by atoms with Crippen LogP contribution in [0.4, 0.5) is 11.5 Å². The highest BCUT2D eigenvalue weighted by Crippen LogP contribution is 2.46. The lowest BCUT2D eigenvalue weighted by molar-refractivity contribution is -0.132. The van der Waals surface area contributed by atoms with Gasteiger partial charge in [0, 0.05) is 43.7 Å². The smallest absolute Gasteiger partial charge is 0.338 e. The van der Waals surface area contributed by atoms with E-state index in [9.17, 15) is 14.7 Å². The number of fused-ring (bicyclic) bond motifs is 1. The molecular formula is C22H21N3O3. The Balaban J connectivity index is 1.88. The van der Waals surface area contributed by atoms with Crippen LogP contribution in [0.2, 0.25) is 0 Å². The van der Waals surface area contributed by atoms with Gasteiger partial charge in [0.05, 0.1) is 16.8 Å². The van der Waals surface area contributed by atoms with Crippen LogP contribution in [-0.4, -0.2) is 42.1 Å². The Morgan fingerprint density at radius 3 is 2.46 bits per heavy atom. The van der Waals surface area contributed by atoms with Crippen molar-refractivity contribution in [2.45, 2.75) is 25.8 Å². The monoisotopic (exact) mass is 375 g/mol. The molecule has 1 saturated carbocycles. The van der Waals surface area contributed by atoms with Crippen molar-refractivity contribution in [1.29, 1.82) is 0 Å². The van der Waals surface area contributed by atoms with Gasteiger partial charge in [-0.15, -0.1) is 0 Å². The maximum Gasteiger partial charge on any atom is 0.338 e. The topological polar surface area (TPSA) is 73.7 Å². The molecule has 0 atom stereocenters. The zero-order valence-corrected chi connectivity index (χ0v) is 16.1. The second-order valence-corrected chi connectivity index (χ2v) is 7.40. The van der Waals surface area contributed by atoms with E-state index in [0.29, 0.717) is 5.56 Å². The summed E-state index contributed by atoms with van der Waals surface area (Å²) < 4.78 is 0. The highest BCUT2D eigenvalue weighted by atomic mass is 16.4. The van der Waals surface area contributed by atoms with Gasteiger partial charge < -0.3 is 14.9 Å². The van der Waals surface area contributed by atoms with Gasteiger partial charge in [-0.25, -0.2) is 14.6 Å². The number of hydrogen-bond acceptors (Lipinski definition) is 5. The van der Waals surface area contributed by atoms with Crippen LogP contribution in [-0.2, 0) is 9.59 Å². The summed E-state index contributed by atoms with van der Waals surface area (Å²) in [5, 5.41) is 9.55. The maximum atomic E-state index is 11.7. The fourth-order valence-electron chi connectivity index (χ4n) is 3.68. The molecule has 0 radical (unpaired) electrons. The molecule has 28 heavy (non-hydrogen) atoms. The van der Waals surface area contributed by atoms with E-state index in [2.05, 4.69) is 4.98 Å². The molecule has 1 fully saturated rings. The van der Waals surface area contributed by atoms with E-state index in [1.54, 1.807) is 6.20 Å². The lowest BCUT2D eigenvalue weighted by Crippen LogP contribution is -2.27. The van der Waals surface area contributed by atoms with Crippen LogP contribution >= 0.6 is 0 Å². The number of aromatic nitrogens is 1. The van der Waals surface area contributed by atoms with Crippen molar-refractivity contribution < 1.29 is 14.7 Å². The molecular weight excluding hydrogens is 354 g/mol. The Morgan fingerprint density at radius 1 is 1.21 bits per heavy atom. The van der Waals surface area contributed by atoms with Crippen LogP contribution in [0.5, 0.6) is 0 Å². The highest BCUT2D eigenvalue weighted by Gasteiger charge is 2.36. The van der Waals surface area contributed by atoms with Gasteiger partial charge in [0.25, 0.3) is 0 Å². The molecule has 0 unspecified atom stereocenters. The molecule has 6 nitrogen and oxygen atoms in total. The summed E-state index contributed by atoms with van der Waals surface area (Å²) in [5.41, 5.74) is 4.61. The Morgan fingerprint density at radius 2 is 1.93 bits per heavy atom. The summed E-state index contributed by atoms with van der Waals surface area (Å²) in [6.45, 7) is 2.01. The Labute approximate surface area is 163 Å². The predicted octanol–water partition coefficient (Wildman–Crippen LogP) is 3.29. The van der Waals surface area contributed by atoms with Crippen molar-refractivity contribution in [3.05, 3.63) is 53.4 Å². The van der Waals surface area contributed by atoms with Crippen LogP contribution in [0.3, 0.4) is 0 Å². The van der Waals surface area contributed by atoms with Gasteiger partial charge in [-0.05, 0) is 43.0 Å². The largest absolute Gasteiger partial charge is 0.478 e. The molecule has 2 aromatic rings. The second kappa shape index (κ2) is 6.66. The molecule has 0 bridgehead atoms. The van der Waals surface area contributed by atoms with Gasteiger partial charge in [-0.3, -0.25) is 0 Å². The van der Waals surface area contributed by atoms with E-state index in [1.807, 2.05) is 67.2 Å². The Kier molecular flexibility index (Phi) is 4.28. The molecule has 142 valence electrons. The number of anilines is 2. The maximum absolute atomic E-state index is 11.7. The average Bonchev–Trinajstić information content (AvgIpc) is 3.52. The summed E-state index contributed by atoms with van der Waals surface area (Å²) in [6, 6.07) is 8.00. The average molecular weight is 375 g/mol. The molecule has 1 aromatic carbocycles. The normalized spacial score (nSPS) is 15.6. The molecule has 1 aromatic heterocycles. The third-order valence-corrected chi connectivity index (χ3v) is 5.29. The standard InChI is InChI=1S/C22H21N3O3/c1-13-16(14-4-9-20(23-10-14)24(2)3)7-8-17-19(12-26)18(22(27)28)11-25(21(13)17)15-5-6-15/h4,7-11,15H,5-6H2,1-3H3,(H,27,28). The number of benzene rings is 1. The number of carbonyl (C=O) groups is 1. The first kappa shape index (κ1) is 18.0. The summed E-state index contributed by atoms with van der Waals surface area (Å²) in [7, 11) is 3.89. The van der Waals surface area contributed by atoms with E-state index >= 15 is 0 Å². The molecule has 0 amide bonds. The van der Waals surface area contributed by atoms with Crippen LogP contribution in [0.1, 0.15) is 24.0 Å². The summed E-state index contributed by atoms with van der Waals surface area (Å²) in [4.78, 5) is 31.7. The SMILES string of the molecule is Cc1c(-c2ccc(N(C)C)nc2)ccc2c1N(C1CC1)C=C(C(=O)O)C2=C=O. The first-order valence-corrected chi connectivity index (χ1v) is 9.19. The number of hydrogen-bond donors (Lipinski definition) is 1. The molecule has 0 spiro atoms. The van der Waals surface area contributed by atoms with E-state index in [1.165, 1.54) is 0 Å². The Hall–Kier alpha value is -3.37. The molecule has 1 aliphatic carbocycles. The van der Waals surface area contributed by atoms with Crippen molar-refractivity contribution >= 4 is 29.0 Å². The molecule has 0 saturated heterocycles. The van der Waals surface area contributed by atoms with Crippen LogP contribution in [0.15, 0.2) is 42.2 Å². The van der Waals surface area contributed by atoms with E-state index in [-0.39, 0.29) is 17.2 Å². The van der Waals surface area contributed by atoms with Crippen molar-refractivity contribution in [3.8, 4) is 11.1 Å². The lowest BCUT2D eigenvalue weighted by Gasteiger charge is -2.31. The fraction of sp³-hybridized carbons (Fsp3) is 0.273. The van der Waals surface area contributed by atoms with Crippen molar-refractivity contribution in [2.75, 3.05) is 23.9 Å². The van der Waals surface area contributed by atoms with Crippen LogP contribution in [0, 0.1) is 6.92 Å². The summed E-state index contributed by atoms with van der Waals surface area (Å²) >= 11 is 0. The minimum atomic E-state index is -1.11.